The fourth-order valence-corrected chi connectivity index (χ4v) is 4.33. The Labute approximate surface area is 176 Å². The Morgan fingerprint density at radius 2 is 1.50 bits per heavy atom. The average Bonchev–Trinajstić information content (AvgIpc) is 2.81. The standard InChI is InChI=1S/C22H27N7O/c1-6-25-22(26-7-1)28-17-4-2-16(3-5-17)27-20-15-18(29-10-12-30-13-11-29)14-19-21(20)24-9-8-23-19/h1,6-9,14-17,27H,2-5,10-13H2,(H,25,26,28)/t16-,17+. The Balaban J connectivity index is 1.29. The van der Waals surface area contributed by atoms with E-state index in [0.717, 1.165) is 68.7 Å². The van der Waals surface area contributed by atoms with E-state index in [1.54, 1.807) is 24.8 Å². The van der Waals surface area contributed by atoms with Gasteiger partial charge in [-0.1, -0.05) is 0 Å². The Bertz CT molecular complexity index is 970. The maximum absolute atomic E-state index is 5.51. The van der Waals surface area contributed by atoms with Gasteiger partial charge < -0.3 is 20.3 Å². The molecule has 3 aromatic rings. The van der Waals surface area contributed by atoms with Crippen LogP contribution in [-0.4, -0.2) is 58.3 Å². The number of nitrogens with one attached hydrogen (secondary N) is 2. The summed E-state index contributed by atoms with van der Waals surface area (Å²) in [5, 5.41) is 7.22. The van der Waals surface area contributed by atoms with Gasteiger partial charge in [0.15, 0.2) is 0 Å². The van der Waals surface area contributed by atoms with Crippen molar-refractivity contribution in [1.29, 1.82) is 0 Å². The number of hydrogen-bond donors (Lipinski definition) is 2. The number of fused-ring (bicyclic) bond motifs is 1. The van der Waals surface area contributed by atoms with Crippen molar-refractivity contribution in [3.63, 3.8) is 0 Å². The molecule has 0 amide bonds. The third-order valence-electron chi connectivity index (χ3n) is 5.92. The summed E-state index contributed by atoms with van der Waals surface area (Å²) in [6, 6.07) is 7.04. The summed E-state index contributed by atoms with van der Waals surface area (Å²) >= 11 is 0. The van der Waals surface area contributed by atoms with E-state index < -0.39 is 0 Å². The molecule has 2 aromatic heterocycles. The second-order valence-corrected chi connectivity index (χ2v) is 7.93. The molecule has 0 bridgehead atoms. The number of hydrogen-bond acceptors (Lipinski definition) is 8. The molecule has 2 fully saturated rings. The summed E-state index contributed by atoms with van der Waals surface area (Å²) in [6.07, 6.45) is 11.4. The molecule has 0 atom stereocenters. The molecule has 156 valence electrons. The molecule has 0 unspecified atom stereocenters. The predicted molar refractivity (Wildman–Crippen MR) is 118 cm³/mol. The maximum atomic E-state index is 5.51. The average molecular weight is 406 g/mol. The van der Waals surface area contributed by atoms with Crippen molar-refractivity contribution in [3.8, 4) is 0 Å². The lowest BCUT2D eigenvalue weighted by molar-refractivity contribution is 0.122. The van der Waals surface area contributed by atoms with Crippen LogP contribution in [-0.2, 0) is 4.74 Å². The zero-order chi connectivity index (χ0) is 20.2. The molecule has 1 aliphatic heterocycles. The highest BCUT2D eigenvalue weighted by Gasteiger charge is 2.23. The predicted octanol–water partition coefficient (Wildman–Crippen LogP) is 3.09. The van der Waals surface area contributed by atoms with Crippen LogP contribution in [0.2, 0.25) is 0 Å². The molecule has 3 heterocycles. The van der Waals surface area contributed by atoms with Crippen LogP contribution in [0.1, 0.15) is 25.7 Å². The van der Waals surface area contributed by atoms with E-state index in [-0.39, 0.29) is 0 Å². The van der Waals surface area contributed by atoms with Gasteiger partial charge in [-0.25, -0.2) is 9.97 Å². The molecule has 8 nitrogen and oxygen atoms in total. The lowest BCUT2D eigenvalue weighted by Crippen LogP contribution is -2.36. The summed E-state index contributed by atoms with van der Waals surface area (Å²) in [7, 11) is 0. The van der Waals surface area contributed by atoms with Crippen LogP contribution < -0.4 is 15.5 Å². The van der Waals surface area contributed by atoms with Gasteiger partial charge in [0.05, 0.1) is 24.4 Å². The van der Waals surface area contributed by atoms with E-state index in [9.17, 15) is 0 Å². The molecular formula is C22H27N7O. The van der Waals surface area contributed by atoms with Crippen LogP contribution >= 0.6 is 0 Å². The van der Waals surface area contributed by atoms with Gasteiger partial charge in [-0.2, -0.15) is 0 Å². The molecular weight excluding hydrogens is 378 g/mol. The van der Waals surface area contributed by atoms with E-state index in [1.165, 1.54) is 5.69 Å². The highest BCUT2D eigenvalue weighted by atomic mass is 16.5. The number of morpholine rings is 1. The lowest BCUT2D eigenvalue weighted by atomic mass is 9.91. The monoisotopic (exact) mass is 405 g/mol. The van der Waals surface area contributed by atoms with Crippen molar-refractivity contribution in [2.45, 2.75) is 37.8 Å². The van der Waals surface area contributed by atoms with E-state index in [0.29, 0.717) is 18.0 Å². The van der Waals surface area contributed by atoms with Crippen molar-refractivity contribution in [3.05, 3.63) is 43.0 Å². The summed E-state index contributed by atoms with van der Waals surface area (Å²) < 4.78 is 5.51. The topological polar surface area (TPSA) is 88.1 Å². The van der Waals surface area contributed by atoms with Gasteiger partial charge in [-0.05, 0) is 43.9 Å². The molecule has 0 spiro atoms. The number of ether oxygens (including phenoxy) is 1. The van der Waals surface area contributed by atoms with Crippen molar-refractivity contribution in [1.82, 2.24) is 19.9 Å². The molecule has 5 rings (SSSR count). The molecule has 1 aliphatic carbocycles. The number of nitrogens with zero attached hydrogens (tertiary/aromatic N) is 5. The van der Waals surface area contributed by atoms with Crippen LogP contribution in [0, 0.1) is 0 Å². The van der Waals surface area contributed by atoms with E-state index in [4.69, 9.17) is 4.74 Å². The fourth-order valence-electron chi connectivity index (χ4n) is 4.33. The van der Waals surface area contributed by atoms with Gasteiger partial charge in [0.1, 0.15) is 5.52 Å². The first-order valence-corrected chi connectivity index (χ1v) is 10.7. The summed E-state index contributed by atoms with van der Waals surface area (Å²) in [5.41, 5.74) is 4.13. The van der Waals surface area contributed by atoms with Crippen molar-refractivity contribution in [2.75, 3.05) is 41.8 Å². The van der Waals surface area contributed by atoms with Crippen molar-refractivity contribution < 1.29 is 4.74 Å². The first kappa shape index (κ1) is 19.0. The third kappa shape index (κ3) is 4.28. The first-order chi connectivity index (χ1) is 14.8. The number of anilines is 3. The summed E-state index contributed by atoms with van der Waals surface area (Å²) in [6.45, 7) is 3.35. The molecule has 8 heteroatoms. The van der Waals surface area contributed by atoms with Crippen LogP contribution in [0.25, 0.3) is 11.0 Å². The highest BCUT2D eigenvalue weighted by molar-refractivity contribution is 5.91. The van der Waals surface area contributed by atoms with E-state index in [2.05, 4.69) is 47.6 Å². The largest absolute Gasteiger partial charge is 0.380 e. The van der Waals surface area contributed by atoms with E-state index in [1.807, 2.05) is 6.07 Å². The minimum atomic E-state index is 0.418. The summed E-state index contributed by atoms with van der Waals surface area (Å²) in [4.78, 5) is 20.1. The van der Waals surface area contributed by atoms with Crippen LogP contribution in [0.15, 0.2) is 43.0 Å². The molecule has 2 N–H and O–H groups in total. The van der Waals surface area contributed by atoms with Gasteiger partial charge >= 0.3 is 0 Å². The fraction of sp³-hybridized carbons (Fsp3) is 0.455. The quantitative estimate of drug-likeness (QED) is 0.670. The zero-order valence-corrected chi connectivity index (χ0v) is 17.0. The summed E-state index contributed by atoms with van der Waals surface area (Å²) in [5.74, 6) is 0.716. The molecule has 1 saturated heterocycles. The van der Waals surface area contributed by atoms with Crippen LogP contribution in [0.4, 0.5) is 17.3 Å². The first-order valence-electron chi connectivity index (χ1n) is 10.7. The Hall–Kier alpha value is -3.00. The van der Waals surface area contributed by atoms with Crippen LogP contribution in [0.3, 0.4) is 0 Å². The SMILES string of the molecule is c1cnc(N[C@H]2CC[C@@H](Nc3cc(N4CCOCC4)cc4nccnc34)CC2)nc1. The third-order valence-corrected chi connectivity index (χ3v) is 5.92. The van der Waals surface area contributed by atoms with Gasteiger partial charge in [0.25, 0.3) is 0 Å². The van der Waals surface area contributed by atoms with Gasteiger partial charge in [-0.3, -0.25) is 9.97 Å². The molecule has 30 heavy (non-hydrogen) atoms. The molecule has 1 aromatic carbocycles. The van der Waals surface area contributed by atoms with E-state index >= 15 is 0 Å². The minimum Gasteiger partial charge on any atom is -0.380 e. The van der Waals surface area contributed by atoms with Gasteiger partial charge in [-0.15, -0.1) is 0 Å². The molecule has 0 radical (unpaired) electrons. The second-order valence-electron chi connectivity index (χ2n) is 7.93. The molecule has 2 aliphatic rings. The number of rotatable bonds is 5. The van der Waals surface area contributed by atoms with Gasteiger partial charge in [0, 0.05) is 55.6 Å². The Morgan fingerprint density at radius 3 is 2.27 bits per heavy atom. The maximum Gasteiger partial charge on any atom is 0.222 e. The Kier molecular flexibility index (Phi) is 5.56. The number of aromatic nitrogens is 4. The van der Waals surface area contributed by atoms with Crippen molar-refractivity contribution >= 4 is 28.4 Å². The van der Waals surface area contributed by atoms with Crippen molar-refractivity contribution in [2.24, 2.45) is 0 Å². The van der Waals surface area contributed by atoms with Crippen LogP contribution in [0.5, 0.6) is 0 Å². The smallest absolute Gasteiger partial charge is 0.222 e. The Morgan fingerprint density at radius 1 is 0.800 bits per heavy atom. The second kappa shape index (κ2) is 8.79. The minimum absolute atomic E-state index is 0.418. The van der Waals surface area contributed by atoms with Gasteiger partial charge in [0.2, 0.25) is 5.95 Å². The lowest BCUT2D eigenvalue weighted by Gasteiger charge is -2.32. The zero-order valence-electron chi connectivity index (χ0n) is 17.0. The number of benzene rings is 1. The highest BCUT2D eigenvalue weighted by Crippen LogP contribution is 2.31. The normalized spacial score (nSPS) is 22.1. The molecule has 1 saturated carbocycles.